The molecule has 7 heteroatoms. The van der Waals surface area contributed by atoms with E-state index in [1.54, 1.807) is 29.8 Å². The van der Waals surface area contributed by atoms with Crippen LogP contribution in [0.2, 0.25) is 0 Å². The van der Waals surface area contributed by atoms with Gasteiger partial charge in [-0.05, 0) is 66.1 Å². The van der Waals surface area contributed by atoms with Crippen LogP contribution in [0.4, 0.5) is 13.2 Å². The van der Waals surface area contributed by atoms with Gasteiger partial charge in [-0.3, -0.25) is 4.57 Å². The van der Waals surface area contributed by atoms with E-state index in [4.69, 9.17) is 4.74 Å². The summed E-state index contributed by atoms with van der Waals surface area (Å²) in [5.41, 5.74) is 2.92. The van der Waals surface area contributed by atoms with Gasteiger partial charge in [0.25, 0.3) is 0 Å². The zero-order chi connectivity index (χ0) is 25.6. The molecule has 182 valence electrons. The second kappa shape index (κ2) is 8.78. The van der Waals surface area contributed by atoms with E-state index >= 15 is 0 Å². The molecule has 3 aromatic heterocycles. The predicted molar refractivity (Wildman–Crippen MR) is 138 cm³/mol. The van der Waals surface area contributed by atoms with Crippen molar-refractivity contribution >= 4 is 21.8 Å². The van der Waals surface area contributed by atoms with Crippen molar-refractivity contribution in [1.29, 1.82) is 0 Å². The number of alkyl halides is 3. The number of hydrogen-bond donors (Lipinski definition) is 0. The molecule has 6 rings (SSSR count). The quantitative estimate of drug-likeness (QED) is 0.247. The monoisotopic (exact) mass is 495 g/mol. The van der Waals surface area contributed by atoms with Gasteiger partial charge in [0.05, 0.1) is 11.0 Å². The van der Waals surface area contributed by atoms with E-state index in [0.717, 1.165) is 39.0 Å². The summed E-state index contributed by atoms with van der Waals surface area (Å²) in [5, 5.41) is 1.87. The highest BCUT2D eigenvalue weighted by Gasteiger charge is 2.33. The van der Waals surface area contributed by atoms with Crippen molar-refractivity contribution < 1.29 is 17.9 Å². The van der Waals surface area contributed by atoms with Crippen LogP contribution >= 0.6 is 0 Å². The molecule has 3 aromatic carbocycles. The number of benzene rings is 3. The zero-order valence-electron chi connectivity index (χ0n) is 19.7. The van der Waals surface area contributed by atoms with E-state index < -0.39 is 11.9 Å². The smallest absolute Gasteiger partial charge is 0.433 e. The Labute approximate surface area is 210 Å². The van der Waals surface area contributed by atoms with E-state index in [1.165, 1.54) is 0 Å². The highest BCUT2D eigenvalue weighted by Crippen LogP contribution is 2.36. The van der Waals surface area contributed by atoms with Gasteiger partial charge in [-0.25, -0.2) is 9.97 Å². The molecule has 0 saturated carbocycles. The number of rotatable bonds is 4. The molecule has 4 nitrogen and oxygen atoms in total. The second-order valence-electron chi connectivity index (χ2n) is 8.77. The summed E-state index contributed by atoms with van der Waals surface area (Å²) in [4.78, 5) is 8.23. The van der Waals surface area contributed by atoms with Gasteiger partial charge in [-0.15, -0.1) is 0 Å². The fraction of sp³-hybridized carbons (Fsp3) is 0.0667. The number of fused-ring (bicyclic) bond motifs is 3. The largest absolute Gasteiger partial charge is 0.439 e. The highest BCUT2D eigenvalue weighted by atomic mass is 19.4. The molecule has 0 aliphatic rings. The van der Waals surface area contributed by atoms with Crippen molar-refractivity contribution in [2.24, 2.45) is 0 Å². The van der Waals surface area contributed by atoms with Crippen molar-refractivity contribution in [2.45, 2.75) is 13.1 Å². The molecule has 3 heterocycles. The van der Waals surface area contributed by atoms with Gasteiger partial charge in [0, 0.05) is 23.0 Å². The average Bonchev–Trinajstić information content (AvgIpc) is 3.22. The molecule has 0 amide bonds. The van der Waals surface area contributed by atoms with Crippen LogP contribution in [0.15, 0.2) is 103 Å². The molecule has 0 saturated heterocycles. The topological polar surface area (TPSA) is 39.9 Å². The first-order valence-electron chi connectivity index (χ1n) is 11.7. The van der Waals surface area contributed by atoms with Crippen molar-refractivity contribution in [2.75, 3.05) is 0 Å². The molecule has 0 aliphatic carbocycles. The summed E-state index contributed by atoms with van der Waals surface area (Å²) in [6, 6.07) is 29.4. The van der Waals surface area contributed by atoms with Crippen molar-refractivity contribution in [1.82, 2.24) is 14.5 Å². The predicted octanol–water partition coefficient (Wildman–Crippen LogP) is 8.36. The molecule has 0 fully saturated rings. The van der Waals surface area contributed by atoms with Gasteiger partial charge in [0.15, 0.2) is 0 Å². The van der Waals surface area contributed by atoms with Crippen LogP contribution in [0.1, 0.15) is 11.3 Å². The van der Waals surface area contributed by atoms with Crippen LogP contribution in [0, 0.1) is 6.92 Å². The lowest BCUT2D eigenvalue weighted by atomic mass is 10.0. The zero-order valence-corrected chi connectivity index (χ0v) is 19.7. The van der Waals surface area contributed by atoms with Crippen LogP contribution < -0.4 is 4.74 Å². The molecule has 0 atom stereocenters. The van der Waals surface area contributed by atoms with Crippen LogP contribution in [-0.4, -0.2) is 14.5 Å². The highest BCUT2D eigenvalue weighted by molar-refractivity contribution is 6.10. The van der Waals surface area contributed by atoms with Crippen LogP contribution in [0.25, 0.3) is 38.8 Å². The summed E-state index contributed by atoms with van der Waals surface area (Å²) < 4.78 is 48.5. The molecule has 0 spiro atoms. The Morgan fingerprint density at radius 1 is 0.730 bits per heavy atom. The van der Waals surface area contributed by atoms with Crippen molar-refractivity contribution in [3.8, 4) is 28.6 Å². The van der Waals surface area contributed by atoms with Gasteiger partial charge in [0.1, 0.15) is 17.3 Å². The van der Waals surface area contributed by atoms with E-state index in [1.807, 2.05) is 78.9 Å². The average molecular weight is 496 g/mol. The maximum atomic E-state index is 13.6. The SMILES string of the molecule is Cc1cc(-n2c3ccccc3c3ccc(-c4cccc(Oc5ccccn5)c4)cc32)nc(C(F)(F)F)c1. The van der Waals surface area contributed by atoms with E-state index in [9.17, 15) is 13.2 Å². The number of aromatic nitrogens is 3. The molecule has 0 N–H and O–H groups in total. The molecular formula is C30H20F3N3O. The Morgan fingerprint density at radius 3 is 2.32 bits per heavy atom. The summed E-state index contributed by atoms with van der Waals surface area (Å²) in [5.74, 6) is 1.34. The number of halogens is 3. The molecule has 0 unspecified atom stereocenters. The van der Waals surface area contributed by atoms with Gasteiger partial charge >= 0.3 is 6.18 Å². The Hall–Kier alpha value is -4.65. The summed E-state index contributed by atoms with van der Waals surface area (Å²) in [6.45, 7) is 1.65. The maximum Gasteiger partial charge on any atom is 0.433 e. The lowest BCUT2D eigenvalue weighted by Gasteiger charge is -2.13. The van der Waals surface area contributed by atoms with Crippen LogP contribution in [0.5, 0.6) is 11.6 Å². The Balaban J connectivity index is 1.53. The second-order valence-corrected chi connectivity index (χ2v) is 8.77. The Bertz CT molecular complexity index is 1760. The van der Waals surface area contributed by atoms with Gasteiger partial charge in [-0.2, -0.15) is 13.2 Å². The van der Waals surface area contributed by atoms with Gasteiger partial charge < -0.3 is 4.74 Å². The van der Waals surface area contributed by atoms with Gasteiger partial charge in [0.2, 0.25) is 5.88 Å². The number of nitrogens with zero attached hydrogens (tertiary/aromatic N) is 3. The molecule has 37 heavy (non-hydrogen) atoms. The third kappa shape index (κ3) is 4.29. The van der Waals surface area contributed by atoms with E-state index in [2.05, 4.69) is 9.97 Å². The summed E-state index contributed by atoms with van der Waals surface area (Å²) in [7, 11) is 0. The lowest BCUT2D eigenvalue weighted by molar-refractivity contribution is -0.141. The van der Waals surface area contributed by atoms with E-state index in [0.29, 0.717) is 17.2 Å². The number of pyridine rings is 2. The van der Waals surface area contributed by atoms with E-state index in [-0.39, 0.29) is 5.82 Å². The summed E-state index contributed by atoms with van der Waals surface area (Å²) in [6.07, 6.45) is -2.88. The third-order valence-electron chi connectivity index (χ3n) is 6.18. The first kappa shape index (κ1) is 22.8. The normalized spacial score (nSPS) is 11.8. The fourth-order valence-electron chi connectivity index (χ4n) is 4.57. The minimum Gasteiger partial charge on any atom is -0.439 e. The minimum atomic E-state index is -4.54. The third-order valence-corrected chi connectivity index (χ3v) is 6.18. The fourth-order valence-corrected chi connectivity index (χ4v) is 4.57. The van der Waals surface area contributed by atoms with Crippen molar-refractivity contribution in [3.05, 3.63) is 115 Å². The molecule has 0 aliphatic heterocycles. The van der Waals surface area contributed by atoms with Crippen LogP contribution in [0.3, 0.4) is 0 Å². The number of ether oxygens (including phenoxy) is 1. The summed E-state index contributed by atoms with van der Waals surface area (Å²) >= 11 is 0. The standard InChI is InChI=1S/C30H20F3N3O/c1-19-15-27(30(31,32)33)35-28(16-19)36-25-10-3-2-9-23(25)24-13-12-21(18-26(24)36)20-7-6-8-22(17-20)37-29-11-4-5-14-34-29/h2-18H,1H3. The number of aryl methyl sites for hydroxylation is 1. The van der Waals surface area contributed by atoms with Crippen molar-refractivity contribution in [3.63, 3.8) is 0 Å². The molecular weight excluding hydrogens is 475 g/mol. The number of hydrogen-bond acceptors (Lipinski definition) is 3. The molecule has 0 radical (unpaired) electrons. The first-order valence-corrected chi connectivity index (χ1v) is 11.7. The molecule has 0 bridgehead atoms. The number of para-hydroxylation sites is 1. The maximum absolute atomic E-state index is 13.6. The lowest BCUT2D eigenvalue weighted by Crippen LogP contribution is -2.11. The Kier molecular flexibility index (Phi) is 5.41. The Morgan fingerprint density at radius 2 is 1.51 bits per heavy atom. The molecule has 6 aromatic rings. The van der Waals surface area contributed by atoms with Gasteiger partial charge in [-0.1, -0.05) is 48.5 Å². The minimum absolute atomic E-state index is 0.225. The first-order chi connectivity index (χ1) is 17.9. The van der Waals surface area contributed by atoms with Crippen LogP contribution in [-0.2, 0) is 6.18 Å².